The smallest absolute Gasteiger partial charge is 0.390 e. The van der Waals surface area contributed by atoms with E-state index in [1.54, 1.807) is 24.3 Å². The molecule has 0 fully saturated rings. The predicted molar refractivity (Wildman–Crippen MR) is 68.0 cm³/mol. The third kappa shape index (κ3) is 6.28. The highest BCUT2D eigenvalue weighted by atomic mass is 19.4. The van der Waals surface area contributed by atoms with Gasteiger partial charge in [0.1, 0.15) is 12.4 Å². The molecule has 0 spiro atoms. The van der Waals surface area contributed by atoms with Gasteiger partial charge < -0.3 is 21.0 Å². The molecule has 0 amide bonds. The van der Waals surface area contributed by atoms with E-state index in [0.717, 1.165) is 0 Å². The van der Waals surface area contributed by atoms with Crippen molar-refractivity contribution in [3.63, 3.8) is 0 Å². The summed E-state index contributed by atoms with van der Waals surface area (Å²) in [6, 6.07) is 6.48. The lowest BCUT2D eigenvalue weighted by Gasteiger charge is -2.09. The van der Waals surface area contributed by atoms with Gasteiger partial charge in [-0.25, -0.2) is 0 Å². The predicted octanol–water partition coefficient (Wildman–Crippen LogP) is 1.70. The van der Waals surface area contributed by atoms with Crippen LogP contribution in [-0.2, 0) is 0 Å². The first-order valence-electron chi connectivity index (χ1n) is 5.90. The van der Waals surface area contributed by atoms with E-state index in [9.17, 15) is 13.2 Å². The zero-order chi connectivity index (χ0) is 15.0. The van der Waals surface area contributed by atoms with Gasteiger partial charge in [0, 0.05) is 18.7 Å². The zero-order valence-electron chi connectivity index (χ0n) is 10.7. The molecule has 0 unspecified atom stereocenters. The fourth-order valence-corrected chi connectivity index (χ4v) is 1.38. The third-order valence-corrected chi connectivity index (χ3v) is 2.39. The van der Waals surface area contributed by atoms with Crippen LogP contribution in [-0.4, -0.2) is 36.9 Å². The number of amidine groups is 1. The Kier molecular flexibility index (Phi) is 6.10. The van der Waals surface area contributed by atoms with Crippen LogP contribution in [0, 0.1) is 0 Å². The number of hydrogen-bond donors (Lipinski definition) is 3. The van der Waals surface area contributed by atoms with Crippen molar-refractivity contribution < 1.29 is 23.1 Å². The van der Waals surface area contributed by atoms with Gasteiger partial charge in [-0.15, -0.1) is 0 Å². The van der Waals surface area contributed by atoms with Crippen molar-refractivity contribution in [2.75, 3.05) is 19.7 Å². The van der Waals surface area contributed by atoms with Gasteiger partial charge in [-0.3, -0.25) is 0 Å². The number of nitrogens with one attached hydrogen (secondary N) is 1. The maximum Gasteiger partial charge on any atom is 0.390 e. The van der Waals surface area contributed by atoms with E-state index < -0.39 is 12.6 Å². The Morgan fingerprint density at radius 2 is 1.90 bits per heavy atom. The van der Waals surface area contributed by atoms with Gasteiger partial charge in [0.2, 0.25) is 0 Å². The van der Waals surface area contributed by atoms with Crippen molar-refractivity contribution in [1.82, 2.24) is 5.32 Å². The maximum absolute atomic E-state index is 11.9. The fraction of sp³-hybridized carbons (Fsp3) is 0.417. The Balaban J connectivity index is 2.23. The highest BCUT2D eigenvalue weighted by Crippen LogP contribution is 2.18. The highest BCUT2D eigenvalue weighted by Gasteiger charge is 2.25. The highest BCUT2D eigenvalue weighted by molar-refractivity contribution is 5.97. The molecule has 5 nitrogen and oxygen atoms in total. The van der Waals surface area contributed by atoms with E-state index in [1.165, 1.54) is 0 Å². The van der Waals surface area contributed by atoms with Crippen LogP contribution in [0.2, 0.25) is 0 Å². The molecule has 0 radical (unpaired) electrons. The van der Waals surface area contributed by atoms with E-state index >= 15 is 0 Å². The van der Waals surface area contributed by atoms with Crippen LogP contribution in [0.1, 0.15) is 12.0 Å². The summed E-state index contributed by atoms with van der Waals surface area (Å²) in [6.45, 7) is 0.439. The van der Waals surface area contributed by atoms with Crippen LogP contribution in [0.15, 0.2) is 29.4 Å². The molecule has 0 aliphatic rings. The summed E-state index contributed by atoms with van der Waals surface area (Å²) in [5.41, 5.74) is 5.94. The first-order chi connectivity index (χ1) is 9.42. The number of oxime groups is 1. The van der Waals surface area contributed by atoms with Gasteiger partial charge in [0.15, 0.2) is 5.84 Å². The van der Waals surface area contributed by atoms with Crippen molar-refractivity contribution in [2.24, 2.45) is 10.9 Å². The number of nitrogens with zero attached hydrogens (tertiary/aromatic N) is 1. The first kappa shape index (κ1) is 16.1. The molecular formula is C12H16F3N3O2. The van der Waals surface area contributed by atoms with Crippen molar-refractivity contribution in [1.29, 1.82) is 0 Å². The summed E-state index contributed by atoms with van der Waals surface area (Å²) < 4.78 is 40.9. The van der Waals surface area contributed by atoms with Crippen LogP contribution in [0.5, 0.6) is 5.75 Å². The van der Waals surface area contributed by atoms with Crippen molar-refractivity contribution in [3.8, 4) is 5.75 Å². The number of halogens is 3. The van der Waals surface area contributed by atoms with Crippen LogP contribution in [0.4, 0.5) is 13.2 Å². The summed E-state index contributed by atoms with van der Waals surface area (Å²) in [5.74, 6) is 0.544. The summed E-state index contributed by atoms with van der Waals surface area (Å²) in [5, 5.41) is 14.0. The van der Waals surface area contributed by atoms with E-state index in [2.05, 4.69) is 10.5 Å². The lowest BCUT2D eigenvalue weighted by atomic mass is 10.2. The Morgan fingerprint density at radius 3 is 2.45 bits per heavy atom. The summed E-state index contributed by atoms with van der Waals surface area (Å²) >= 11 is 0. The van der Waals surface area contributed by atoms with Gasteiger partial charge >= 0.3 is 6.18 Å². The number of alkyl halides is 3. The second-order valence-electron chi connectivity index (χ2n) is 3.97. The van der Waals surface area contributed by atoms with E-state index in [-0.39, 0.29) is 19.0 Å². The summed E-state index contributed by atoms with van der Waals surface area (Å²) in [6.07, 6.45) is -5.00. The molecule has 1 aromatic carbocycles. The molecule has 20 heavy (non-hydrogen) atoms. The molecule has 0 atom stereocenters. The number of benzene rings is 1. The molecule has 0 saturated carbocycles. The first-order valence-corrected chi connectivity index (χ1v) is 5.90. The average molecular weight is 291 g/mol. The van der Waals surface area contributed by atoms with Crippen molar-refractivity contribution in [2.45, 2.75) is 12.6 Å². The average Bonchev–Trinajstić information content (AvgIpc) is 2.41. The fourth-order valence-electron chi connectivity index (χ4n) is 1.38. The molecule has 1 rings (SSSR count). The monoisotopic (exact) mass is 291 g/mol. The quantitative estimate of drug-likeness (QED) is 0.235. The summed E-state index contributed by atoms with van der Waals surface area (Å²) in [4.78, 5) is 0. The molecule has 0 aromatic heterocycles. The van der Waals surface area contributed by atoms with Crippen molar-refractivity contribution in [3.05, 3.63) is 29.8 Å². The van der Waals surface area contributed by atoms with Gasteiger partial charge in [-0.2, -0.15) is 13.2 Å². The minimum atomic E-state index is -4.14. The van der Waals surface area contributed by atoms with Gasteiger partial charge in [0.05, 0.1) is 6.42 Å². The molecule has 0 aliphatic heterocycles. The molecule has 4 N–H and O–H groups in total. The lowest BCUT2D eigenvalue weighted by molar-refractivity contribution is -0.133. The van der Waals surface area contributed by atoms with Gasteiger partial charge in [0.25, 0.3) is 0 Å². The van der Waals surface area contributed by atoms with Crippen LogP contribution >= 0.6 is 0 Å². The molecule has 0 saturated heterocycles. The number of rotatable bonds is 7. The van der Waals surface area contributed by atoms with Gasteiger partial charge in [-0.05, 0) is 24.3 Å². The molecular weight excluding hydrogens is 275 g/mol. The molecule has 0 heterocycles. The standard InChI is InChI=1S/C12H16F3N3O2/c13-12(14,15)5-6-17-7-8-20-10-3-1-9(2-4-10)11(16)18-19/h1-4,17,19H,5-8H2,(H2,16,18). The maximum atomic E-state index is 11.9. The second-order valence-corrected chi connectivity index (χ2v) is 3.97. The Hall–Kier alpha value is -1.96. The third-order valence-electron chi connectivity index (χ3n) is 2.39. The van der Waals surface area contributed by atoms with Crippen LogP contribution < -0.4 is 15.8 Å². The minimum absolute atomic E-state index is 0.00892. The topological polar surface area (TPSA) is 79.9 Å². The summed E-state index contributed by atoms with van der Waals surface area (Å²) in [7, 11) is 0. The van der Waals surface area contributed by atoms with Gasteiger partial charge in [-0.1, -0.05) is 5.16 Å². The van der Waals surface area contributed by atoms with E-state index in [0.29, 0.717) is 17.9 Å². The largest absolute Gasteiger partial charge is 0.492 e. The second kappa shape index (κ2) is 7.59. The molecule has 8 heteroatoms. The van der Waals surface area contributed by atoms with Crippen LogP contribution in [0.3, 0.4) is 0 Å². The lowest BCUT2D eigenvalue weighted by Crippen LogP contribution is -2.25. The number of hydrogen-bond acceptors (Lipinski definition) is 4. The van der Waals surface area contributed by atoms with E-state index in [1.807, 2.05) is 0 Å². The Morgan fingerprint density at radius 1 is 1.25 bits per heavy atom. The molecule has 112 valence electrons. The number of ether oxygens (including phenoxy) is 1. The molecule has 1 aromatic rings. The Labute approximate surface area is 114 Å². The van der Waals surface area contributed by atoms with Crippen LogP contribution in [0.25, 0.3) is 0 Å². The normalized spacial score (nSPS) is 12.4. The zero-order valence-corrected chi connectivity index (χ0v) is 10.7. The molecule has 0 aliphatic carbocycles. The SMILES string of the molecule is NC(=NO)c1ccc(OCCNCCC(F)(F)F)cc1. The van der Waals surface area contributed by atoms with E-state index in [4.69, 9.17) is 15.7 Å². The minimum Gasteiger partial charge on any atom is -0.492 e. The molecule has 0 bridgehead atoms. The Bertz CT molecular complexity index is 433. The number of nitrogens with two attached hydrogens (primary N) is 1. The van der Waals surface area contributed by atoms with Crippen molar-refractivity contribution >= 4 is 5.84 Å².